The van der Waals surface area contributed by atoms with E-state index in [4.69, 9.17) is 0 Å². The Labute approximate surface area is 272 Å². The standard InChI is InChI=1S/C46H38/c1-27-15-21-35-39(23-27)45(3,4)41-25-37(31-11-7-9-13-33(31)43(35)41)29-17-19-30(20-18-29)38-26-42-44(34-14-10-8-12-32(34)38)36-22-16-28(2)24-40(36)46(42,5)6/h7-26H,1-6H3. The van der Waals surface area contributed by atoms with Crippen molar-refractivity contribution >= 4 is 21.5 Å². The highest BCUT2D eigenvalue weighted by Crippen LogP contribution is 2.55. The van der Waals surface area contributed by atoms with Crippen molar-refractivity contribution in [3.05, 3.63) is 155 Å². The summed E-state index contributed by atoms with van der Waals surface area (Å²) in [7, 11) is 0. The highest BCUT2D eigenvalue weighted by molar-refractivity contribution is 6.11. The quantitative estimate of drug-likeness (QED) is 0.188. The summed E-state index contributed by atoms with van der Waals surface area (Å²) in [5.41, 5.74) is 19.0. The van der Waals surface area contributed by atoms with E-state index in [1.54, 1.807) is 0 Å². The normalized spacial score (nSPS) is 15.1. The third kappa shape index (κ3) is 3.62. The molecule has 0 heterocycles. The van der Waals surface area contributed by atoms with Gasteiger partial charge in [0, 0.05) is 10.8 Å². The van der Waals surface area contributed by atoms with Gasteiger partial charge in [-0.3, -0.25) is 0 Å². The second-order valence-corrected chi connectivity index (χ2v) is 14.7. The van der Waals surface area contributed by atoms with Crippen LogP contribution in [-0.2, 0) is 10.8 Å². The predicted molar refractivity (Wildman–Crippen MR) is 197 cm³/mol. The van der Waals surface area contributed by atoms with Gasteiger partial charge < -0.3 is 0 Å². The molecule has 0 bridgehead atoms. The summed E-state index contributed by atoms with van der Waals surface area (Å²) in [5, 5.41) is 5.32. The van der Waals surface area contributed by atoms with Gasteiger partial charge in [-0.1, -0.05) is 148 Å². The number of fused-ring (bicyclic) bond motifs is 10. The third-order valence-corrected chi connectivity index (χ3v) is 11.2. The second-order valence-electron chi connectivity index (χ2n) is 14.7. The van der Waals surface area contributed by atoms with Crippen molar-refractivity contribution < 1.29 is 0 Å². The van der Waals surface area contributed by atoms with E-state index < -0.39 is 0 Å². The Balaban J connectivity index is 1.22. The average Bonchev–Trinajstić information content (AvgIpc) is 3.43. The van der Waals surface area contributed by atoms with Crippen molar-refractivity contribution in [2.45, 2.75) is 52.4 Å². The van der Waals surface area contributed by atoms with Gasteiger partial charge in [0.25, 0.3) is 0 Å². The number of hydrogen-bond donors (Lipinski definition) is 0. The zero-order valence-corrected chi connectivity index (χ0v) is 27.5. The maximum Gasteiger partial charge on any atom is 0.0159 e. The fourth-order valence-electron chi connectivity index (χ4n) is 8.70. The van der Waals surface area contributed by atoms with Gasteiger partial charge in [0.15, 0.2) is 0 Å². The van der Waals surface area contributed by atoms with Crippen LogP contribution < -0.4 is 0 Å². The van der Waals surface area contributed by atoms with Crippen molar-refractivity contribution in [3.63, 3.8) is 0 Å². The molecule has 46 heavy (non-hydrogen) atoms. The van der Waals surface area contributed by atoms with Crippen LogP contribution in [0.2, 0.25) is 0 Å². The summed E-state index contributed by atoms with van der Waals surface area (Å²) >= 11 is 0. The molecule has 0 radical (unpaired) electrons. The van der Waals surface area contributed by atoms with Gasteiger partial charge in [0.2, 0.25) is 0 Å². The van der Waals surface area contributed by atoms with Crippen molar-refractivity contribution in [1.29, 1.82) is 0 Å². The van der Waals surface area contributed by atoms with E-state index in [0.29, 0.717) is 0 Å². The molecule has 7 aromatic rings. The largest absolute Gasteiger partial charge is 0.0616 e. The van der Waals surface area contributed by atoms with E-state index in [0.717, 1.165) is 0 Å². The van der Waals surface area contributed by atoms with Crippen LogP contribution >= 0.6 is 0 Å². The molecule has 0 fully saturated rings. The monoisotopic (exact) mass is 590 g/mol. The zero-order valence-electron chi connectivity index (χ0n) is 27.5. The lowest BCUT2D eigenvalue weighted by atomic mass is 9.79. The maximum absolute atomic E-state index is 2.48. The summed E-state index contributed by atoms with van der Waals surface area (Å²) in [5.74, 6) is 0. The Hall–Kier alpha value is -4.94. The molecule has 9 rings (SSSR count). The number of aryl methyl sites for hydroxylation is 2. The molecule has 0 unspecified atom stereocenters. The number of benzene rings is 7. The molecule has 0 atom stereocenters. The molecule has 2 aliphatic carbocycles. The van der Waals surface area contributed by atoms with Crippen LogP contribution in [0.3, 0.4) is 0 Å². The first-order valence-electron chi connectivity index (χ1n) is 16.6. The van der Waals surface area contributed by atoms with Gasteiger partial charge in [0.05, 0.1) is 0 Å². The Morgan fingerprint density at radius 2 is 0.717 bits per heavy atom. The fraction of sp³-hybridized carbons (Fsp3) is 0.174. The van der Waals surface area contributed by atoms with Gasteiger partial charge in [-0.25, -0.2) is 0 Å². The molecule has 0 spiro atoms. The zero-order chi connectivity index (χ0) is 31.5. The van der Waals surface area contributed by atoms with E-state index in [1.165, 1.54) is 99.4 Å². The molecule has 0 aliphatic heterocycles. The summed E-state index contributed by atoms with van der Waals surface area (Å²) < 4.78 is 0. The molecule has 0 saturated heterocycles. The highest BCUT2D eigenvalue weighted by atomic mass is 14.4. The van der Waals surface area contributed by atoms with Crippen LogP contribution in [0.1, 0.15) is 61.1 Å². The molecule has 0 aromatic heterocycles. The summed E-state index contributed by atoms with van der Waals surface area (Å²) in [6.07, 6.45) is 0. The molecule has 0 nitrogen and oxygen atoms in total. The Morgan fingerprint density at radius 3 is 1.11 bits per heavy atom. The van der Waals surface area contributed by atoms with Gasteiger partial charge in [0.1, 0.15) is 0 Å². The topological polar surface area (TPSA) is 0 Å². The molecule has 2 aliphatic rings. The molecular weight excluding hydrogens is 553 g/mol. The van der Waals surface area contributed by atoms with Crippen LogP contribution in [0.5, 0.6) is 0 Å². The maximum atomic E-state index is 2.48. The fourth-order valence-corrected chi connectivity index (χ4v) is 8.70. The second kappa shape index (κ2) is 9.30. The Bertz CT molecular complexity index is 2240. The summed E-state index contributed by atoms with van der Waals surface area (Å²) in [6.45, 7) is 14.0. The van der Waals surface area contributed by atoms with E-state index >= 15 is 0 Å². The molecule has 0 amide bonds. The first-order valence-corrected chi connectivity index (χ1v) is 16.6. The molecule has 0 heteroatoms. The number of hydrogen-bond acceptors (Lipinski definition) is 0. The minimum absolute atomic E-state index is 0.0539. The van der Waals surface area contributed by atoms with Crippen LogP contribution in [-0.4, -0.2) is 0 Å². The van der Waals surface area contributed by atoms with Gasteiger partial charge in [-0.05, 0) is 114 Å². The summed E-state index contributed by atoms with van der Waals surface area (Å²) in [4.78, 5) is 0. The lowest BCUT2D eigenvalue weighted by Gasteiger charge is -2.24. The van der Waals surface area contributed by atoms with Crippen LogP contribution in [0.15, 0.2) is 121 Å². The van der Waals surface area contributed by atoms with Crippen LogP contribution in [0.25, 0.3) is 66.1 Å². The molecular formula is C46H38. The van der Waals surface area contributed by atoms with E-state index in [2.05, 4.69) is 163 Å². The Kier molecular flexibility index (Phi) is 5.54. The van der Waals surface area contributed by atoms with Gasteiger partial charge in [-0.2, -0.15) is 0 Å². The highest BCUT2D eigenvalue weighted by Gasteiger charge is 2.38. The van der Waals surface area contributed by atoms with Crippen molar-refractivity contribution in [2.75, 3.05) is 0 Å². The average molecular weight is 591 g/mol. The molecule has 7 aromatic carbocycles. The van der Waals surface area contributed by atoms with E-state index in [9.17, 15) is 0 Å². The van der Waals surface area contributed by atoms with E-state index in [-0.39, 0.29) is 10.8 Å². The smallest absolute Gasteiger partial charge is 0.0159 e. The number of rotatable bonds is 2. The first kappa shape index (κ1) is 27.4. The van der Waals surface area contributed by atoms with Crippen molar-refractivity contribution in [1.82, 2.24) is 0 Å². The molecule has 0 N–H and O–H groups in total. The van der Waals surface area contributed by atoms with Crippen LogP contribution in [0, 0.1) is 13.8 Å². The summed E-state index contributed by atoms with van der Waals surface area (Å²) in [6, 6.07) is 46.3. The van der Waals surface area contributed by atoms with Gasteiger partial charge >= 0.3 is 0 Å². The Morgan fingerprint density at radius 1 is 0.348 bits per heavy atom. The molecule has 0 saturated carbocycles. The minimum Gasteiger partial charge on any atom is -0.0616 e. The molecule has 222 valence electrons. The van der Waals surface area contributed by atoms with E-state index in [1.807, 2.05) is 0 Å². The van der Waals surface area contributed by atoms with Crippen molar-refractivity contribution in [2.24, 2.45) is 0 Å². The lowest BCUT2D eigenvalue weighted by molar-refractivity contribution is 0.660. The first-order chi connectivity index (χ1) is 22.1. The third-order valence-electron chi connectivity index (χ3n) is 11.2. The SMILES string of the molecule is Cc1ccc2c(c1)C(C)(C)c1cc(-c3ccc(-c4cc5c(c6ccccc46)-c4ccc(C)cc4C5(C)C)cc3)c3ccccc3c1-2. The van der Waals surface area contributed by atoms with Gasteiger partial charge in [-0.15, -0.1) is 0 Å². The predicted octanol–water partition coefficient (Wildman–Crippen LogP) is 12.6. The van der Waals surface area contributed by atoms with Crippen LogP contribution in [0.4, 0.5) is 0 Å². The van der Waals surface area contributed by atoms with Crippen molar-refractivity contribution in [3.8, 4) is 44.5 Å². The minimum atomic E-state index is -0.0539. The lowest BCUT2D eigenvalue weighted by Crippen LogP contribution is -2.15.